The second kappa shape index (κ2) is 7.32. The van der Waals surface area contributed by atoms with E-state index >= 15 is 0 Å². The number of carbonyl (C=O) groups is 1. The Balaban J connectivity index is 2.16. The van der Waals surface area contributed by atoms with Gasteiger partial charge in [-0.1, -0.05) is 18.2 Å². The predicted octanol–water partition coefficient (Wildman–Crippen LogP) is 4.68. The molecular weight excluding hydrogens is 280 g/mol. The van der Waals surface area contributed by atoms with Gasteiger partial charge >= 0.3 is 0 Å². The van der Waals surface area contributed by atoms with Gasteiger partial charge in [0.1, 0.15) is 5.75 Å². The number of hydrogen-bond donors (Lipinski definition) is 0. The van der Waals surface area contributed by atoms with E-state index in [1.165, 1.54) is 0 Å². The summed E-state index contributed by atoms with van der Waals surface area (Å²) in [6.45, 7) is 6.55. The third-order valence-electron chi connectivity index (χ3n) is 3.31. The van der Waals surface area contributed by atoms with E-state index in [-0.39, 0.29) is 5.78 Å². The number of thioether (sulfide) groups is 1. The van der Waals surface area contributed by atoms with Gasteiger partial charge in [-0.2, -0.15) is 0 Å². The molecule has 0 saturated carbocycles. The average Bonchev–Trinajstić information content (AvgIpc) is 2.49. The van der Waals surface area contributed by atoms with Crippen molar-refractivity contribution in [2.45, 2.75) is 25.7 Å². The van der Waals surface area contributed by atoms with E-state index in [1.807, 2.05) is 63.2 Å². The molecule has 0 atom stereocenters. The molecule has 0 unspecified atom stereocenters. The fraction of sp³-hybridized carbons (Fsp3) is 0.278. The molecule has 0 saturated heterocycles. The first-order valence-corrected chi connectivity index (χ1v) is 8.05. The maximum Gasteiger partial charge on any atom is 0.176 e. The Morgan fingerprint density at radius 3 is 2.43 bits per heavy atom. The molecule has 3 heteroatoms. The molecule has 0 aliphatic carbocycles. The van der Waals surface area contributed by atoms with Gasteiger partial charge in [0, 0.05) is 4.90 Å². The zero-order valence-corrected chi connectivity index (χ0v) is 13.5. The van der Waals surface area contributed by atoms with Crippen LogP contribution in [0.15, 0.2) is 47.4 Å². The van der Waals surface area contributed by atoms with Gasteiger partial charge in [-0.3, -0.25) is 4.79 Å². The summed E-state index contributed by atoms with van der Waals surface area (Å²) in [5, 5.41) is 0. The van der Waals surface area contributed by atoms with E-state index in [9.17, 15) is 4.79 Å². The molecule has 0 radical (unpaired) electrons. The molecule has 0 amide bonds. The van der Waals surface area contributed by atoms with Crippen LogP contribution in [0.1, 0.15) is 28.4 Å². The third kappa shape index (κ3) is 4.11. The lowest BCUT2D eigenvalue weighted by Gasteiger charge is -2.12. The van der Waals surface area contributed by atoms with Gasteiger partial charge in [-0.05, 0) is 56.2 Å². The zero-order chi connectivity index (χ0) is 15.2. The third-order valence-corrected chi connectivity index (χ3v) is 4.32. The van der Waals surface area contributed by atoms with Gasteiger partial charge in [-0.25, -0.2) is 0 Å². The number of Topliss-reactive ketones (excluding diaryl/α,β-unsaturated/α-hetero) is 1. The first kappa shape index (κ1) is 15.6. The molecule has 0 aliphatic heterocycles. The summed E-state index contributed by atoms with van der Waals surface area (Å²) in [5.41, 5.74) is 2.95. The van der Waals surface area contributed by atoms with E-state index < -0.39 is 0 Å². The smallest absolute Gasteiger partial charge is 0.176 e. The summed E-state index contributed by atoms with van der Waals surface area (Å²) in [6.07, 6.45) is 0. The molecule has 21 heavy (non-hydrogen) atoms. The average molecular weight is 300 g/mol. The maximum absolute atomic E-state index is 12.5. The number of ketones is 1. The SMILES string of the molecule is CCOc1cc(C)c(C)cc1C(=O)CSc1ccccc1. The van der Waals surface area contributed by atoms with Crippen LogP contribution in [0, 0.1) is 13.8 Å². The maximum atomic E-state index is 12.5. The highest BCUT2D eigenvalue weighted by atomic mass is 32.2. The van der Waals surface area contributed by atoms with Crippen LogP contribution < -0.4 is 4.74 Å². The highest BCUT2D eigenvalue weighted by Gasteiger charge is 2.14. The lowest BCUT2D eigenvalue weighted by atomic mass is 10.0. The largest absolute Gasteiger partial charge is 0.493 e. The van der Waals surface area contributed by atoms with Crippen LogP contribution in [0.5, 0.6) is 5.75 Å². The van der Waals surface area contributed by atoms with Crippen molar-refractivity contribution < 1.29 is 9.53 Å². The lowest BCUT2D eigenvalue weighted by Crippen LogP contribution is -2.07. The zero-order valence-electron chi connectivity index (χ0n) is 12.7. The number of benzene rings is 2. The molecule has 0 spiro atoms. The summed E-state index contributed by atoms with van der Waals surface area (Å²) in [6, 6.07) is 13.9. The standard InChI is InChI=1S/C18H20O2S/c1-4-20-18-11-14(3)13(2)10-16(18)17(19)12-21-15-8-6-5-7-9-15/h5-11H,4,12H2,1-3H3. The Kier molecular flexibility index (Phi) is 5.45. The Labute approximate surface area is 130 Å². The first-order valence-electron chi connectivity index (χ1n) is 7.07. The Hall–Kier alpha value is -1.74. The van der Waals surface area contributed by atoms with Crippen molar-refractivity contribution in [2.24, 2.45) is 0 Å². The summed E-state index contributed by atoms with van der Waals surface area (Å²) in [7, 11) is 0. The number of carbonyl (C=O) groups excluding carboxylic acids is 1. The fourth-order valence-corrected chi connectivity index (χ4v) is 2.83. The van der Waals surface area contributed by atoms with E-state index in [0.717, 1.165) is 16.0 Å². The first-order chi connectivity index (χ1) is 10.1. The minimum absolute atomic E-state index is 0.107. The summed E-state index contributed by atoms with van der Waals surface area (Å²) in [4.78, 5) is 13.6. The second-order valence-corrected chi connectivity index (χ2v) is 5.94. The van der Waals surface area contributed by atoms with Crippen LogP contribution in [-0.2, 0) is 0 Å². The van der Waals surface area contributed by atoms with Crippen molar-refractivity contribution >= 4 is 17.5 Å². The number of hydrogen-bond acceptors (Lipinski definition) is 3. The summed E-state index contributed by atoms with van der Waals surface area (Å²) >= 11 is 1.56. The van der Waals surface area contributed by atoms with Crippen molar-refractivity contribution in [1.82, 2.24) is 0 Å². The number of aryl methyl sites for hydroxylation is 2. The quantitative estimate of drug-likeness (QED) is 0.572. The van der Waals surface area contributed by atoms with Crippen molar-refractivity contribution in [1.29, 1.82) is 0 Å². The predicted molar refractivity (Wildman–Crippen MR) is 88.6 cm³/mol. The monoisotopic (exact) mass is 300 g/mol. The Morgan fingerprint density at radius 1 is 1.10 bits per heavy atom. The number of ether oxygens (including phenoxy) is 1. The van der Waals surface area contributed by atoms with Gasteiger partial charge in [0.15, 0.2) is 5.78 Å². The molecule has 110 valence electrons. The van der Waals surface area contributed by atoms with Gasteiger partial charge in [-0.15, -0.1) is 11.8 Å². The van der Waals surface area contributed by atoms with Crippen molar-refractivity contribution in [3.63, 3.8) is 0 Å². The number of rotatable bonds is 6. The molecule has 2 aromatic carbocycles. The van der Waals surface area contributed by atoms with Gasteiger partial charge in [0.25, 0.3) is 0 Å². The van der Waals surface area contributed by atoms with Crippen LogP contribution in [-0.4, -0.2) is 18.1 Å². The molecule has 0 aliphatic rings. The molecule has 2 nitrogen and oxygen atoms in total. The second-order valence-electron chi connectivity index (χ2n) is 4.89. The van der Waals surface area contributed by atoms with Crippen LogP contribution in [0.3, 0.4) is 0 Å². The van der Waals surface area contributed by atoms with Gasteiger partial charge < -0.3 is 4.74 Å². The van der Waals surface area contributed by atoms with Crippen molar-refractivity contribution in [3.05, 3.63) is 59.2 Å². The Bertz CT molecular complexity index is 621. The molecule has 0 heterocycles. The van der Waals surface area contributed by atoms with E-state index in [2.05, 4.69) is 0 Å². The van der Waals surface area contributed by atoms with Crippen molar-refractivity contribution in [3.8, 4) is 5.75 Å². The minimum Gasteiger partial charge on any atom is -0.493 e. The molecule has 2 rings (SSSR count). The van der Waals surface area contributed by atoms with Crippen LogP contribution in [0.4, 0.5) is 0 Å². The van der Waals surface area contributed by atoms with Gasteiger partial charge in [0.05, 0.1) is 17.9 Å². The molecule has 0 N–H and O–H groups in total. The lowest BCUT2D eigenvalue weighted by molar-refractivity contribution is 0.101. The summed E-state index contributed by atoms with van der Waals surface area (Å²) < 4.78 is 5.62. The molecule has 0 fully saturated rings. The molecule has 0 bridgehead atoms. The van der Waals surface area contributed by atoms with Gasteiger partial charge in [0.2, 0.25) is 0 Å². The van der Waals surface area contributed by atoms with E-state index in [4.69, 9.17) is 4.74 Å². The van der Waals surface area contributed by atoms with E-state index in [1.54, 1.807) is 11.8 Å². The van der Waals surface area contributed by atoms with Crippen LogP contribution in [0.25, 0.3) is 0 Å². The molecule has 0 aromatic heterocycles. The molecular formula is C18H20O2S. The fourth-order valence-electron chi connectivity index (χ4n) is 2.03. The molecule has 2 aromatic rings. The van der Waals surface area contributed by atoms with Crippen LogP contribution >= 0.6 is 11.8 Å². The Morgan fingerprint density at radius 2 is 1.76 bits per heavy atom. The minimum atomic E-state index is 0.107. The highest BCUT2D eigenvalue weighted by Crippen LogP contribution is 2.26. The highest BCUT2D eigenvalue weighted by molar-refractivity contribution is 8.00. The van der Waals surface area contributed by atoms with Crippen molar-refractivity contribution in [2.75, 3.05) is 12.4 Å². The summed E-state index contributed by atoms with van der Waals surface area (Å²) in [5.74, 6) is 1.22. The topological polar surface area (TPSA) is 26.3 Å². The van der Waals surface area contributed by atoms with E-state index in [0.29, 0.717) is 23.7 Å². The van der Waals surface area contributed by atoms with Crippen LogP contribution in [0.2, 0.25) is 0 Å². The normalized spacial score (nSPS) is 10.4.